The van der Waals surface area contributed by atoms with Crippen molar-refractivity contribution in [2.45, 2.75) is 0 Å². The van der Waals surface area contributed by atoms with Gasteiger partial charge in [0.05, 0.1) is 11.2 Å². The predicted molar refractivity (Wildman–Crippen MR) is 70.1 cm³/mol. The fourth-order valence-corrected chi connectivity index (χ4v) is 1.73. The number of benzene rings is 1. The number of nitrogens with one attached hydrogen (secondary N) is 1. The molecule has 2 rings (SSSR count). The number of ether oxygens (including phenoxy) is 1. The van der Waals surface area contributed by atoms with Crippen molar-refractivity contribution in [3.8, 4) is 0 Å². The fraction of sp³-hybridized carbons (Fsp3) is 0.167. The Bertz CT molecular complexity index is 618. The summed E-state index contributed by atoms with van der Waals surface area (Å²) in [5.74, 6) is -0.511. The smallest absolute Gasteiger partial charge is 0.404 e. The molecule has 0 radical (unpaired) electrons. The Morgan fingerprint density at radius 2 is 2.32 bits per heavy atom. The van der Waals surface area contributed by atoms with Gasteiger partial charge >= 0.3 is 6.09 Å². The number of nitrogens with zero attached hydrogens (tertiary/aromatic N) is 1. The van der Waals surface area contributed by atoms with E-state index in [2.05, 4.69) is 15.0 Å². The van der Waals surface area contributed by atoms with E-state index in [0.29, 0.717) is 16.6 Å². The van der Waals surface area contributed by atoms with Gasteiger partial charge in [0.15, 0.2) is 5.82 Å². The van der Waals surface area contributed by atoms with E-state index in [1.807, 2.05) is 0 Å². The minimum atomic E-state index is -0.873. The van der Waals surface area contributed by atoms with Crippen molar-refractivity contribution < 1.29 is 13.9 Å². The molecular weight excluding hydrogens is 251 g/mol. The zero-order chi connectivity index (χ0) is 13.8. The number of carbonyl (C=O) groups excluding carboxylic acids is 1. The van der Waals surface area contributed by atoms with Crippen LogP contribution in [0.5, 0.6) is 0 Å². The van der Waals surface area contributed by atoms with E-state index in [-0.39, 0.29) is 18.8 Å². The summed E-state index contributed by atoms with van der Waals surface area (Å²) in [6.45, 7) is 0.253. The van der Waals surface area contributed by atoms with Crippen LogP contribution in [0.1, 0.15) is 0 Å². The van der Waals surface area contributed by atoms with Gasteiger partial charge in [-0.3, -0.25) is 4.98 Å². The highest BCUT2D eigenvalue weighted by Gasteiger charge is 2.11. The summed E-state index contributed by atoms with van der Waals surface area (Å²) >= 11 is 0. The molecule has 1 aromatic carbocycles. The third-order valence-corrected chi connectivity index (χ3v) is 2.52. The lowest BCUT2D eigenvalue weighted by atomic mass is 10.1. The lowest BCUT2D eigenvalue weighted by Crippen LogP contribution is -2.18. The molecule has 0 fully saturated rings. The normalized spacial score (nSPS) is 10.4. The highest BCUT2D eigenvalue weighted by Crippen LogP contribution is 2.29. The minimum absolute atomic E-state index is 0.0352. The summed E-state index contributed by atoms with van der Waals surface area (Å²) in [7, 11) is 0. The number of primary amides is 1. The van der Waals surface area contributed by atoms with Crippen molar-refractivity contribution in [2.24, 2.45) is 5.73 Å². The molecule has 0 unspecified atom stereocenters. The van der Waals surface area contributed by atoms with Gasteiger partial charge < -0.3 is 21.5 Å². The van der Waals surface area contributed by atoms with Crippen molar-refractivity contribution >= 4 is 28.4 Å². The van der Waals surface area contributed by atoms with Crippen molar-refractivity contribution in [2.75, 3.05) is 24.2 Å². The van der Waals surface area contributed by atoms with E-state index in [1.54, 1.807) is 18.3 Å². The molecule has 5 N–H and O–H groups in total. The maximum absolute atomic E-state index is 13.9. The van der Waals surface area contributed by atoms with E-state index < -0.39 is 11.9 Å². The average molecular weight is 264 g/mol. The number of hydrogen-bond acceptors (Lipinski definition) is 5. The maximum Gasteiger partial charge on any atom is 0.404 e. The Balaban J connectivity index is 2.24. The number of nitrogens with two attached hydrogens (primary N) is 2. The fourth-order valence-electron chi connectivity index (χ4n) is 1.73. The number of hydrogen-bond donors (Lipinski definition) is 3. The Kier molecular flexibility index (Phi) is 3.65. The summed E-state index contributed by atoms with van der Waals surface area (Å²) < 4.78 is 18.4. The summed E-state index contributed by atoms with van der Waals surface area (Å²) in [5.41, 5.74) is 11.5. The zero-order valence-corrected chi connectivity index (χ0v) is 10.0. The number of halogens is 1. The minimum Gasteiger partial charge on any atom is -0.448 e. The first kappa shape index (κ1) is 12.9. The second-order valence-corrected chi connectivity index (χ2v) is 3.82. The summed E-state index contributed by atoms with van der Waals surface area (Å²) in [5, 5.41) is 3.47. The third-order valence-electron chi connectivity index (χ3n) is 2.52. The first-order chi connectivity index (χ1) is 9.09. The van der Waals surface area contributed by atoms with Gasteiger partial charge in [0.2, 0.25) is 0 Å². The van der Waals surface area contributed by atoms with Crippen molar-refractivity contribution in [1.82, 2.24) is 4.98 Å². The highest BCUT2D eigenvalue weighted by atomic mass is 19.1. The molecule has 1 amide bonds. The molecule has 0 aliphatic rings. The van der Waals surface area contributed by atoms with Crippen LogP contribution in [-0.2, 0) is 4.74 Å². The largest absolute Gasteiger partial charge is 0.448 e. The molecule has 0 saturated heterocycles. The third kappa shape index (κ3) is 2.82. The molecule has 7 heteroatoms. The average Bonchev–Trinajstić information content (AvgIpc) is 2.37. The lowest BCUT2D eigenvalue weighted by molar-refractivity contribution is 0.161. The Morgan fingerprint density at radius 1 is 1.53 bits per heavy atom. The predicted octanol–water partition coefficient (Wildman–Crippen LogP) is 1.46. The van der Waals surface area contributed by atoms with Gasteiger partial charge in [0, 0.05) is 23.8 Å². The molecule has 2 aromatic rings. The summed E-state index contributed by atoms with van der Waals surface area (Å²) in [4.78, 5) is 14.5. The van der Waals surface area contributed by atoms with Gasteiger partial charge in [0.25, 0.3) is 0 Å². The van der Waals surface area contributed by atoms with Crippen LogP contribution in [0.3, 0.4) is 0 Å². The molecule has 0 saturated carbocycles. The molecule has 100 valence electrons. The standard InChI is InChI=1S/C12H13FN4O2/c13-8-6-9(14)7-2-1-3-16-10(7)11(8)17-4-5-19-12(15)18/h1-3,6,17H,4-5,14H2,(H2,15,18). The van der Waals surface area contributed by atoms with Crippen LogP contribution >= 0.6 is 0 Å². The van der Waals surface area contributed by atoms with E-state index in [9.17, 15) is 9.18 Å². The number of anilines is 2. The van der Waals surface area contributed by atoms with Crippen LogP contribution in [0.2, 0.25) is 0 Å². The van der Waals surface area contributed by atoms with Crippen LogP contribution in [0, 0.1) is 5.82 Å². The number of amides is 1. The first-order valence-corrected chi connectivity index (χ1v) is 5.58. The van der Waals surface area contributed by atoms with Gasteiger partial charge in [-0.15, -0.1) is 0 Å². The van der Waals surface area contributed by atoms with Crippen molar-refractivity contribution in [3.63, 3.8) is 0 Å². The number of pyridine rings is 1. The molecule has 0 aliphatic heterocycles. The van der Waals surface area contributed by atoms with E-state index in [4.69, 9.17) is 11.5 Å². The lowest BCUT2D eigenvalue weighted by Gasteiger charge is -2.11. The van der Waals surface area contributed by atoms with E-state index in [0.717, 1.165) is 0 Å². The van der Waals surface area contributed by atoms with Crippen LogP contribution in [0.4, 0.5) is 20.6 Å². The SMILES string of the molecule is NC(=O)OCCNc1c(F)cc(N)c2cccnc12. The molecule has 0 bridgehead atoms. The zero-order valence-electron chi connectivity index (χ0n) is 10.0. The van der Waals surface area contributed by atoms with Gasteiger partial charge in [-0.25, -0.2) is 9.18 Å². The van der Waals surface area contributed by atoms with Crippen LogP contribution < -0.4 is 16.8 Å². The molecule has 6 nitrogen and oxygen atoms in total. The maximum atomic E-state index is 13.9. The monoisotopic (exact) mass is 264 g/mol. The van der Waals surface area contributed by atoms with Crippen LogP contribution in [0.25, 0.3) is 10.9 Å². The number of nitrogen functional groups attached to an aromatic ring is 1. The first-order valence-electron chi connectivity index (χ1n) is 5.58. The van der Waals surface area contributed by atoms with E-state index >= 15 is 0 Å². The van der Waals surface area contributed by atoms with Gasteiger partial charge in [0.1, 0.15) is 6.61 Å². The van der Waals surface area contributed by atoms with E-state index in [1.165, 1.54) is 6.07 Å². The highest BCUT2D eigenvalue weighted by molar-refractivity contribution is 5.98. The van der Waals surface area contributed by atoms with Crippen LogP contribution in [0.15, 0.2) is 24.4 Å². The number of aromatic nitrogens is 1. The molecule has 19 heavy (non-hydrogen) atoms. The van der Waals surface area contributed by atoms with Crippen molar-refractivity contribution in [1.29, 1.82) is 0 Å². The molecular formula is C12H13FN4O2. The molecule has 1 heterocycles. The molecule has 0 aliphatic carbocycles. The number of rotatable bonds is 4. The molecule has 0 spiro atoms. The number of fused-ring (bicyclic) bond motifs is 1. The van der Waals surface area contributed by atoms with Crippen LogP contribution in [-0.4, -0.2) is 24.2 Å². The Labute approximate surface area is 108 Å². The van der Waals surface area contributed by atoms with Crippen molar-refractivity contribution in [3.05, 3.63) is 30.2 Å². The van der Waals surface area contributed by atoms with Gasteiger partial charge in [-0.05, 0) is 18.2 Å². The Morgan fingerprint density at radius 3 is 3.05 bits per heavy atom. The quantitative estimate of drug-likeness (QED) is 0.573. The molecule has 1 aromatic heterocycles. The number of carbonyl (C=O) groups is 1. The second-order valence-electron chi connectivity index (χ2n) is 3.82. The van der Waals surface area contributed by atoms with Gasteiger partial charge in [-0.2, -0.15) is 0 Å². The molecule has 0 atom stereocenters. The van der Waals surface area contributed by atoms with Gasteiger partial charge in [-0.1, -0.05) is 0 Å². The summed E-state index contributed by atoms with van der Waals surface area (Å²) in [6, 6.07) is 4.69. The Hall–Kier alpha value is -2.57. The second kappa shape index (κ2) is 5.38. The summed E-state index contributed by atoms with van der Waals surface area (Å²) in [6.07, 6.45) is 0.675. The topological polar surface area (TPSA) is 103 Å².